The molecule has 1 aromatic rings. The average Bonchev–Trinajstić information content (AvgIpc) is 2.51. The third kappa shape index (κ3) is 4.61. The van der Waals surface area contributed by atoms with Crippen molar-refractivity contribution in [1.29, 1.82) is 0 Å². The Balaban J connectivity index is 3.28. The summed E-state index contributed by atoms with van der Waals surface area (Å²) in [6.07, 6.45) is -8.27. The second kappa shape index (κ2) is 7.62. The zero-order valence-corrected chi connectivity index (χ0v) is 14.8. The van der Waals surface area contributed by atoms with E-state index in [4.69, 9.17) is 9.47 Å². The lowest BCUT2D eigenvalue weighted by molar-refractivity contribution is -0.362. The van der Waals surface area contributed by atoms with E-state index in [0.717, 1.165) is 14.0 Å². The molecule has 0 aromatic heterocycles. The van der Waals surface area contributed by atoms with E-state index >= 15 is 0 Å². The fourth-order valence-corrected chi connectivity index (χ4v) is 2.31. The Labute approximate surface area is 147 Å². The molecule has 1 aromatic carbocycles. The molecule has 1 rings (SSSR count). The summed E-state index contributed by atoms with van der Waals surface area (Å²) in [6.45, 7) is 4.88. The van der Waals surface area contributed by atoms with Crippen molar-refractivity contribution >= 4 is 0 Å². The molecule has 9 heteroatoms. The van der Waals surface area contributed by atoms with Gasteiger partial charge in [-0.1, -0.05) is 32.0 Å². The summed E-state index contributed by atoms with van der Waals surface area (Å²) in [7, 11) is 0.959. The number of benzene rings is 1. The Bertz CT molecular complexity index is 599. The largest absolute Gasteiger partial charge is 0.493 e. The van der Waals surface area contributed by atoms with Gasteiger partial charge in [0.2, 0.25) is 0 Å². The van der Waals surface area contributed by atoms with Crippen molar-refractivity contribution in [1.82, 2.24) is 0 Å². The number of hydrogen-bond donors (Lipinski definition) is 0. The van der Waals surface area contributed by atoms with Crippen LogP contribution in [0.3, 0.4) is 0 Å². The van der Waals surface area contributed by atoms with Gasteiger partial charge in [0, 0.05) is 12.7 Å². The summed E-state index contributed by atoms with van der Waals surface area (Å²) in [4.78, 5) is 0. The Morgan fingerprint density at radius 2 is 1.50 bits per heavy atom. The number of ether oxygens (including phenoxy) is 2. The SMILES string of the molecule is COC(C)(CC(F)(F)C(F)(F)C(F)(F)F)c1ccccc1OCC(C)C. The highest BCUT2D eigenvalue weighted by Crippen LogP contribution is 2.52. The average molecular weight is 390 g/mol. The summed E-state index contributed by atoms with van der Waals surface area (Å²) in [5, 5.41) is 0. The monoisotopic (exact) mass is 390 g/mol. The van der Waals surface area contributed by atoms with Crippen LogP contribution in [0.5, 0.6) is 5.75 Å². The number of methoxy groups -OCH3 is 1. The first-order valence-corrected chi connectivity index (χ1v) is 7.78. The third-order valence-electron chi connectivity index (χ3n) is 3.85. The summed E-state index contributed by atoms with van der Waals surface area (Å²) in [5.74, 6) is -11.4. The van der Waals surface area contributed by atoms with E-state index in [1.807, 2.05) is 13.8 Å². The highest BCUT2D eigenvalue weighted by atomic mass is 19.4. The summed E-state index contributed by atoms with van der Waals surface area (Å²) < 4.78 is 102. The third-order valence-corrected chi connectivity index (χ3v) is 3.85. The van der Waals surface area contributed by atoms with E-state index in [-0.39, 0.29) is 23.8 Å². The molecule has 150 valence electrons. The maximum absolute atomic E-state index is 13.9. The first kappa shape index (κ1) is 22.5. The fraction of sp³-hybridized carbons (Fsp3) is 0.647. The van der Waals surface area contributed by atoms with Crippen LogP contribution in [0.1, 0.15) is 32.8 Å². The normalized spacial score (nSPS) is 15.8. The molecule has 0 aliphatic rings. The van der Waals surface area contributed by atoms with E-state index in [1.54, 1.807) is 0 Å². The lowest BCUT2D eigenvalue weighted by Gasteiger charge is -2.36. The Kier molecular flexibility index (Phi) is 6.60. The van der Waals surface area contributed by atoms with Crippen molar-refractivity contribution in [2.75, 3.05) is 13.7 Å². The highest BCUT2D eigenvalue weighted by molar-refractivity contribution is 5.38. The molecular weight excluding hydrogens is 369 g/mol. The van der Waals surface area contributed by atoms with Crippen LogP contribution in [0.25, 0.3) is 0 Å². The molecule has 0 aliphatic carbocycles. The number of halogens is 7. The minimum absolute atomic E-state index is 0.0409. The number of rotatable bonds is 8. The van der Waals surface area contributed by atoms with Crippen LogP contribution in [-0.4, -0.2) is 31.7 Å². The molecule has 0 fully saturated rings. The van der Waals surface area contributed by atoms with Crippen LogP contribution in [0.2, 0.25) is 0 Å². The van der Waals surface area contributed by atoms with Gasteiger partial charge in [-0.2, -0.15) is 30.7 Å². The lowest BCUT2D eigenvalue weighted by Crippen LogP contribution is -2.54. The number of alkyl halides is 7. The van der Waals surface area contributed by atoms with Crippen molar-refractivity contribution in [3.8, 4) is 5.75 Å². The van der Waals surface area contributed by atoms with E-state index in [2.05, 4.69) is 0 Å². The van der Waals surface area contributed by atoms with Gasteiger partial charge in [0.1, 0.15) is 5.75 Å². The van der Waals surface area contributed by atoms with Gasteiger partial charge in [0.15, 0.2) is 0 Å². The zero-order chi connectivity index (χ0) is 20.4. The molecule has 0 radical (unpaired) electrons. The van der Waals surface area contributed by atoms with E-state index in [1.165, 1.54) is 24.3 Å². The van der Waals surface area contributed by atoms with Crippen LogP contribution < -0.4 is 4.74 Å². The topological polar surface area (TPSA) is 18.5 Å². The molecule has 0 bridgehead atoms. The second-order valence-corrected chi connectivity index (χ2v) is 6.59. The van der Waals surface area contributed by atoms with E-state index in [0.29, 0.717) is 0 Å². The molecule has 0 spiro atoms. The predicted octanol–water partition coefficient (Wildman–Crippen LogP) is 5.81. The quantitative estimate of drug-likeness (QED) is 0.522. The predicted molar refractivity (Wildman–Crippen MR) is 81.7 cm³/mol. The van der Waals surface area contributed by atoms with Crippen molar-refractivity contribution in [3.05, 3.63) is 29.8 Å². The molecular formula is C17H21F7O2. The Morgan fingerprint density at radius 1 is 0.962 bits per heavy atom. The molecule has 0 N–H and O–H groups in total. The van der Waals surface area contributed by atoms with Gasteiger partial charge >= 0.3 is 18.0 Å². The maximum Gasteiger partial charge on any atom is 0.459 e. The van der Waals surface area contributed by atoms with Crippen molar-refractivity contribution in [2.45, 2.75) is 50.8 Å². The van der Waals surface area contributed by atoms with Crippen LogP contribution >= 0.6 is 0 Å². The first-order valence-electron chi connectivity index (χ1n) is 7.78. The summed E-state index contributed by atoms with van der Waals surface area (Å²) >= 11 is 0. The minimum Gasteiger partial charge on any atom is -0.493 e. The van der Waals surface area contributed by atoms with E-state index < -0.39 is 30.0 Å². The van der Waals surface area contributed by atoms with Crippen LogP contribution in [0.4, 0.5) is 30.7 Å². The molecule has 1 unspecified atom stereocenters. The van der Waals surface area contributed by atoms with Crippen LogP contribution in [0, 0.1) is 5.92 Å². The Morgan fingerprint density at radius 3 is 1.96 bits per heavy atom. The number of para-hydroxylation sites is 1. The molecule has 0 heterocycles. The van der Waals surface area contributed by atoms with Crippen LogP contribution in [-0.2, 0) is 10.3 Å². The van der Waals surface area contributed by atoms with E-state index in [9.17, 15) is 30.7 Å². The van der Waals surface area contributed by atoms with Gasteiger partial charge in [-0.15, -0.1) is 0 Å². The van der Waals surface area contributed by atoms with Crippen molar-refractivity contribution in [3.63, 3.8) is 0 Å². The first-order chi connectivity index (χ1) is 11.7. The molecule has 26 heavy (non-hydrogen) atoms. The fourth-order valence-electron chi connectivity index (χ4n) is 2.31. The molecule has 0 amide bonds. The van der Waals surface area contributed by atoms with Gasteiger partial charge in [0.05, 0.1) is 18.6 Å². The lowest BCUT2D eigenvalue weighted by atomic mass is 9.86. The second-order valence-electron chi connectivity index (χ2n) is 6.59. The molecule has 1 atom stereocenters. The molecule has 2 nitrogen and oxygen atoms in total. The summed E-state index contributed by atoms with van der Waals surface area (Å²) in [6, 6.07) is 5.66. The standard InChI is InChI=1S/C17H21F7O2/c1-11(2)9-26-13-8-6-5-7-12(13)14(3,25-4)10-15(18,19)16(20,21)17(22,23)24/h5-8,11H,9-10H2,1-4H3. The maximum atomic E-state index is 13.9. The van der Waals surface area contributed by atoms with Crippen molar-refractivity contribution < 1.29 is 40.2 Å². The van der Waals surface area contributed by atoms with Gasteiger partial charge in [-0.05, 0) is 18.9 Å². The smallest absolute Gasteiger partial charge is 0.459 e. The summed E-state index contributed by atoms with van der Waals surface area (Å²) in [5.41, 5.74) is -2.17. The number of hydrogen-bond acceptors (Lipinski definition) is 2. The van der Waals surface area contributed by atoms with Gasteiger partial charge in [0.25, 0.3) is 0 Å². The van der Waals surface area contributed by atoms with Gasteiger partial charge < -0.3 is 9.47 Å². The molecule has 0 aliphatic heterocycles. The van der Waals surface area contributed by atoms with Gasteiger partial charge in [-0.3, -0.25) is 0 Å². The minimum atomic E-state index is -6.39. The van der Waals surface area contributed by atoms with Crippen molar-refractivity contribution in [2.24, 2.45) is 5.92 Å². The van der Waals surface area contributed by atoms with Crippen LogP contribution in [0.15, 0.2) is 24.3 Å². The zero-order valence-electron chi connectivity index (χ0n) is 14.8. The Hall–Kier alpha value is -1.51. The highest BCUT2D eigenvalue weighted by Gasteiger charge is 2.73. The van der Waals surface area contributed by atoms with Gasteiger partial charge in [-0.25, -0.2) is 0 Å². The molecule has 0 saturated heterocycles. The molecule has 0 saturated carbocycles.